The molecule has 2 aromatic carbocycles. The number of nitrogens with zero attached hydrogens (tertiary/aromatic N) is 1. The van der Waals surface area contributed by atoms with Crippen molar-refractivity contribution in [1.29, 1.82) is 0 Å². The normalized spacial score (nSPS) is 14.5. The van der Waals surface area contributed by atoms with Gasteiger partial charge in [0, 0.05) is 6.08 Å². The van der Waals surface area contributed by atoms with Crippen molar-refractivity contribution >= 4 is 34.7 Å². The van der Waals surface area contributed by atoms with Gasteiger partial charge in [0.1, 0.15) is 11.6 Å². The molecule has 0 unspecified atom stereocenters. The van der Waals surface area contributed by atoms with Gasteiger partial charge < -0.3 is 0 Å². The molecule has 0 saturated heterocycles. The summed E-state index contributed by atoms with van der Waals surface area (Å²) >= 11 is 5.69. The van der Waals surface area contributed by atoms with E-state index < -0.39 is 23.4 Å². The minimum Gasteiger partial charge on any atom is -0.269 e. The fourth-order valence-corrected chi connectivity index (χ4v) is 2.38. The molecule has 0 N–H and O–H groups in total. The second-order valence-electron chi connectivity index (χ2n) is 4.65. The molecule has 6 heteroatoms. The molecule has 1 aliphatic rings. The molecule has 1 aliphatic heterocycles. The van der Waals surface area contributed by atoms with Crippen LogP contribution in [0.3, 0.4) is 0 Å². The fraction of sp³-hybridized carbons (Fsp3) is 0. The first-order valence-electron chi connectivity index (χ1n) is 6.28. The zero-order valence-corrected chi connectivity index (χ0v) is 11.8. The van der Waals surface area contributed by atoms with E-state index in [9.17, 15) is 18.4 Å². The van der Waals surface area contributed by atoms with E-state index in [0.717, 1.165) is 23.1 Å². The van der Waals surface area contributed by atoms with E-state index in [1.165, 1.54) is 30.3 Å². The van der Waals surface area contributed by atoms with Crippen LogP contribution in [0.2, 0.25) is 5.02 Å². The molecule has 22 heavy (non-hydrogen) atoms. The molecule has 2 amide bonds. The number of imide groups is 1. The first-order valence-corrected chi connectivity index (χ1v) is 6.66. The predicted octanol–water partition coefficient (Wildman–Crippen LogP) is 3.58. The van der Waals surface area contributed by atoms with Crippen molar-refractivity contribution in [2.45, 2.75) is 0 Å². The van der Waals surface area contributed by atoms with E-state index in [1.807, 2.05) is 0 Å². The van der Waals surface area contributed by atoms with Crippen LogP contribution < -0.4 is 4.90 Å². The van der Waals surface area contributed by atoms with Gasteiger partial charge in [0.25, 0.3) is 11.8 Å². The van der Waals surface area contributed by atoms with Crippen LogP contribution in [-0.4, -0.2) is 11.8 Å². The van der Waals surface area contributed by atoms with Crippen LogP contribution in [0.5, 0.6) is 0 Å². The quantitative estimate of drug-likeness (QED) is 0.794. The van der Waals surface area contributed by atoms with Gasteiger partial charge in [0.15, 0.2) is 0 Å². The lowest BCUT2D eigenvalue weighted by Crippen LogP contribution is -2.30. The second kappa shape index (κ2) is 5.35. The van der Waals surface area contributed by atoms with E-state index in [1.54, 1.807) is 0 Å². The smallest absolute Gasteiger partial charge is 0.266 e. The molecule has 0 spiro atoms. The molecule has 0 aromatic heterocycles. The molecular weight excluding hydrogens is 312 g/mol. The fourth-order valence-electron chi connectivity index (χ4n) is 2.20. The number of halogens is 3. The van der Waals surface area contributed by atoms with E-state index in [-0.39, 0.29) is 16.3 Å². The van der Waals surface area contributed by atoms with Crippen molar-refractivity contribution in [3.63, 3.8) is 0 Å². The lowest BCUT2D eigenvalue weighted by Gasteiger charge is -2.15. The standard InChI is InChI=1S/C16H8ClF2NO2/c17-13-6-9(4-5-14(13)19)12-8-15(21)20(16(12)22)11-3-1-2-10(18)7-11/h1-8H. The molecule has 0 atom stereocenters. The second-order valence-corrected chi connectivity index (χ2v) is 5.05. The van der Waals surface area contributed by atoms with Gasteiger partial charge in [-0.05, 0) is 35.9 Å². The average Bonchev–Trinajstić information content (AvgIpc) is 2.77. The van der Waals surface area contributed by atoms with Crippen LogP contribution in [-0.2, 0) is 9.59 Å². The number of amides is 2. The SMILES string of the molecule is O=C1C=C(c2ccc(F)c(Cl)c2)C(=O)N1c1cccc(F)c1. The van der Waals surface area contributed by atoms with E-state index in [2.05, 4.69) is 0 Å². The topological polar surface area (TPSA) is 37.4 Å². The summed E-state index contributed by atoms with van der Waals surface area (Å²) in [6, 6.07) is 8.88. The molecular formula is C16H8ClF2NO2. The van der Waals surface area contributed by atoms with Crippen LogP contribution >= 0.6 is 11.6 Å². The summed E-state index contributed by atoms with van der Waals surface area (Å²) in [5, 5.41) is -0.150. The van der Waals surface area contributed by atoms with Crippen LogP contribution in [0, 0.1) is 11.6 Å². The summed E-state index contributed by atoms with van der Waals surface area (Å²) in [5.74, 6) is -2.38. The Morgan fingerprint density at radius 3 is 2.45 bits per heavy atom. The first-order chi connectivity index (χ1) is 10.5. The molecule has 0 saturated carbocycles. The molecule has 0 radical (unpaired) electrons. The third kappa shape index (κ3) is 2.40. The largest absolute Gasteiger partial charge is 0.269 e. The Labute approximate surface area is 129 Å². The maximum atomic E-state index is 13.3. The van der Waals surface area contributed by atoms with Crippen molar-refractivity contribution in [3.05, 3.63) is 70.8 Å². The van der Waals surface area contributed by atoms with Gasteiger partial charge in [-0.25, -0.2) is 13.7 Å². The average molecular weight is 320 g/mol. The Kier molecular flexibility index (Phi) is 3.50. The van der Waals surface area contributed by atoms with Gasteiger partial charge >= 0.3 is 0 Å². The summed E-state index contributed by atoms with van der Waals surface area (Å²) in [6.07, 6.45) is 1.12. The van der Waals surface area contributed by atoms with Gasteiger partial charge in [-0.3, -0.25) is 9.59 Å². The zero-order chi connectivity index (χ0) is 15.9. The number of hydrogen-bond donors (Lipinski definition) is 0. The summed E-state index contributed by atoms with van der Waals surface area (Å²) in [4.78, 5) is 25.3. The van der Waals surface area contributed by atoms with Gasteiger partial charge in [-0.1, -0.05) is 23.7 Å². The minimum atomic E-state index is -0.621. The molecule has 0 bridgehead atoms. The Balaban J connectivity index is 2.00. The van der Waals surface area contributed by atoms with Crippen molar-refractivity contribution in [1.82, 2.24) is 0 Å². The first kappa shape index (κ1) is 14.4. The summed E-state index contributed by atoms with van der Waals surface area (Å²) in [7, 11) is 0. The molecule has 1 heterocycles. The number of rotatable bonds is 2. The number of anilines is 1. The summed E-state index contributed by atoms with van der Waals surface area (Å²) < 4.78 is 26.5. The van der Waals surface area contributed by atoms with Gasteiger partial charge in [0.05, 0.1) is 16.3 Å². The van der Waals surface area contributed by atoms with Gasteiger partial charge in [-0.2, -0.15) is 0 Å². The Morgan fingerprint density at radius 1 is 1.00 bits per heavy atom. The lowest BCUT2D eigenvalue weighted by atomic mass is 10.1. The number of benzene rings is 2. The van der Waals surface area contributed by atoms with Gasteiger partial charge in [-0.15, -0.1) is 0 Å². The van der Waals surface area contributed by atoms with Crippen molar-refractivity contribution < 1.29 is 18.4 Å². The third-order valence-electron chi connectivity index (χ3n) is 3.22. The van der Waals surface area contributed by atoms with Crippen molar-refractivity contribution in [2.75, 3.05) is 4.90 Å². The van der Waals surface area contributed by atoms with E-state index >= 15 is 0 Å². The monoisotopic (exact) mass is 319 g/mol. The predicted molar refractivity (Wildman–Crippen MR) is 78.3 cm³/mol. The van der Waals surface area contributed by atoms with E-state index in [0.29, 0.717) is 5.56 Å². The van der Waals surface area contributed by atoms with Crippen molar-refractivity contribution in [3.8, 4) is 0 Å². The van der Waals surface area contributed by atoms with Crippen molar-refractivity contribution in [2.24, 2.45) is 0 Å². The molecule has 0 aliphatic carbocycles. The van der Waals surface area contributed by atoms with E-state index in [4.69, 9.17) is 11.6 Å². The summed E-state index contributed by atoms with van der Waals surface area (Å²) in [5.41, 5.74) is 0.536. The molecule has 3 nitrogen and oxygen atoms in total. The molecule has 3 rings (SSSR count). The number of carbonyl (C=O) groups excluding carboxylic acids is 2. The number of hydrogen-bond acceptors (Lipinski definition) is 2. The molecule has 110 valence electrons. The van der Waals surface area contributed by atoms with Crippen LogP contribution in [0.1, 0.15) is 5.56 Å². The Bertz CT molecular complexity index is 833. The van der Waals surface area contributed by atoms with Gasteiger partial charge in [0.2, 0.25) is 0 Å². The highest BCUT2D eigenvalue weighted by molar-refractivity contribution is 6.43. The third-order valence-corrected chi connectivity index (χ3v) is 3.51. The Morgan fingerprint density at radius 2 is 1.77 bits per heavy atom. The summed E-state index contributed by atoms with van der Waals surface area (Å²) in [6.45, 7) is 0. The molecule has 2 aromatic rings. The maximum Gasteiger partial charge on any atom is 0.266 e. The van der Waals surface area contributed by atoms with Crippen LogP contribution in [0.15, 0.2) is 48.5 Å². The highest BCUT2D eigenvalue weighted by atomic mass is 35.5. The van der Waals surface area contributed by atoms with Crippen LogP contribution in [0.4, 0.5) is 14.5 Å². The zero-order valence-electron chi connectivity index (χ0n) is 11.0. The minimum absolute atomic E-state index is 0.0798. The highest BCUT2D eigenvalue weighted by Crippen LogP contribution is 2.30. The van der Waals surface area contributed by atoms with Crippen LogP contribution in [0.25, 0.3) is 5.57 Å². The highest BCUT2D eigenvalue weighted by Gasteiger charge is 2.33. The maximum absolute atomic E-state index is 13.3. The lowest BCUT2D eigenvalue weighted by molar-refractivity contribution is -0.119. The Hall–Kier alpha value is -2.53. The number of carbonyl (C=O) groups is 2. The molecule has 0 fully saturated rings.